The fourth-order valence-corrected chi connectivity index (χ4v) is 4.79. The molecule has 1 amide bonds. The van der Waals surface area contributed by atoms with Crippen molar-refractivity contribution in [3.63, 3.8) is 0 Å². The first-order valence-electron chi connectivity index (χ1n) is 12.5. The summed E-state index contributed by atoms with van der Waals surface area (Å²) < 4.78 is 14.3. The van der Waals surface area contributed by atoms with Gasteiger partial charge in [0.05, 0.1) is 18.7 Å². The van der Waals surface area contributed by atoms with Crippen LogP contribution in [-0.2, 0) is 20.9 Å². The molecule has 3 heterocycles. The van der Waals surface area contributed by atoms with Crippen LogP contribution in [0.25, 0.3) is 16.7 Å². The molecule has 188 valence electrons. The molecule has 0 saturated heterocycles. The van der Waals surface area contributed by atoms with Crippen molar-refractivity contribution < 1.29 is 19.1 Å². The van der Waals surface area contributed by atoms with Gasteiger partial charge in [-0.1, -0.05) is 19.3 Å². The quantitative estimate of drug-likeness (QED) is 0.324. The van der Waals surface area contributed by atoms with Crippen LogP contribution in [0.15, 0.2) is 35.3 Å². The van der Waals surface area contributed by atoms with Crippen LogP contribution in [0.5, 0.6) is 5.88 Å². The van der Waals surface area contributed by atoms with E-state index in [0.29, 0.717) is 61.0 Å². The van der Waals surface area contributed by atoms with Gasteiger partial charge in [-0.2, -0.15) is 4.98 Å². The van der Waals surface area contributed by atoms with Crippen LogP contribution < -0.4 is 10.3 Å². The Bertz CT molecular complexity index is 1240. The minimum atomic E-state index is -0.338. The second kappa shape index (κ2) is 11.4. The highest BCUT2D eigenvalue weighted by atomic mass is 16.5. The fourth-order valence-electron chi connectivity index (χ4n) is 4.79. The standard InChI is InChI=1S/C26H34N4O5/c1-19(31)34-18-8-16-30-21-13-14-23(27-25(21)29-15-6-11-22(29)26(30)33)35-17-7-12-24(32)28(2)20-9-4-3-5-10-20/h6,11,13-15,20H,3-5,7-10,12,16-18H2,1-2H3. The lowest BCUT2D eigenvalue weighted by Gasteiger charge is -2.31. The van der Waals surface area contributed by atoms with Gasteiger partial charge in [-0.15, -0.1) is 0 Å². The maximum absolute atomic E-state index is 13.0. The molecule has 0 spiro atoms. The zero-order valence-corrected chi connectivity index (χ0v) is 20.6. The number of nitrogens with zero attached hydrogens (tertiary/aromatic N) is 4. The third-order valence-corrected chi connectivity index (χ3v) is 6.69. The van der Waals surface area contributed by atoms with E-state index in [1.807, 2.05) is 24.1 Å². The highest BCUT2D eigenvalue weighted by molar-refractivity contribution is 5.76. The second-order valence-electron chi connectivity index (χ2n) is 9.15. The predicted molar refractivity (Wildman–Crippen MR) is 133 cm³/mol. The van der Waals surface area contributed by atoms with Crippen molar-refractivity contribution in [2.24, 2.45) is 0 Å². The van der Waals surface area contributed by atoms with E-state index in [1.54, 1.807) is 27.3 Å². The summed E-state index contributed by atoms with van der Waals surface area (Å²) in [6.45, 7) is 2.41. The minimum absolute atomic E-state index is 0.124. The summed E-state index contributed by atoms with van der Waals surface area (Å²) in [5.41, 5.74) is 1.69. The lowest BCUT2D eigenvalue weighted by atomic mass is 9.94. The summed E-state index contributed by atoms with van der Waals surface area (Å²) in [5.74, 6) is 0.277. The van der Waals surface area contributed by atoms with Crippen molar-refractivity contribution >= 4 is 28.6 Å². The van der Waals surface area contributed by atoms with Gasteiger partial charge in [0.15, 0.2) is 5.65 Å². The van der Waals surface area contributed by atoms with Gasteiger partial charge >= 0.3 is 5.97 Å². The number of esters is 1. The molecule has 35 heavy (non-hydrogen) atoms. The Hall–Kier alpha value is -3.36. The zero-order valence-electron chi connectivity index (χ0n) is 20.6. The molecule has 9 heteroatoms. The predicted octanol–water partition coefficient (Wildman–Crippen LogP) is 3.55. The van der Waals surface area contributed by atoms with Gasteiger partial charge in [0, 0.05) is 45.2 Å². The summed E-state index contributed by atoms with van der Waals surface area (Å²) in [4.78, 5) is 43.1. The van der Waals surface area contributed by atoms with Crippen molar-refractivity contribution in [2.45, 2.75) is 70.9 Å². The molecule has 0 bridgehead atoms. The molecule has 0 radical (unpaired) electrons. The van der Waals surface area contributed by atoms with Crippen molar-refractivity contribution in [3.8, 4) is 5.88 Å². The Morgan fingerprint density at radius 1 is 1.09 bits per heavy atom. The van der Waals surface area contributed by atoms with Crippen LogP contribution in [0.4, 0.5) is 0 Å². The average Bonchev–Trinajstić information content (AvgIpc) is 3.36. The maximum Gasteiger partial charge on any atom is 0.302 e. The molecule has 9 nitrogen and oxygen atoms in total. The Balaban J connectivity index is 1.41. The fraction of sp³-hybridized carbons (Fsp3) is 0.538. The smallest absolute Gasteiger partial charge is 0.302 e. The molecule has 1 fully saturated rings. The zero-order chi connectivity index (χ0) is 24.8. The third kappa shape index (κ3) is 5.83. The van der Waals surface area contributed by atoms with Crippen molar-refractivity contribution in [3.05, 3.63) is 40.8 Å². The normalized spacial score (nSPS) is 14.3. The van der Waals surface area contributed by atoms with E-state index in [1.165, 1.54) is 26.2 Å². The first kappa shape index (κ1) is 24.8. The van der Waals surface area contributed by atoms with Gasteiger partial charge in [0.25, 0.3) is 5.56 Å². The molecule has 3 aromatic rings. The number of carbonyl (C=O) groups excluding carboxylic acids is 2. The monoisotopic (exact) mass is 482 g/mol. The minimum Gasteiger partial charge on any atom is -0.478 e. The number of carbonyl (C=O) groups is 2. The maximum atomic E-state index is 13.0. The number of rotatable bonds is 10. The molecule has 0 N–H and O–H groups in total. The van der Waals surface area contributed by atoms with Gasteiger partial charge in [0.2, 0.25) is 11.8 Å². The van der Waals surface area contributed by atoms with Crippen molar-refractivity contribution in [1.82, 2.24) is 18.9 Å². The first-order chi connectivity index (χ1) is 17.0. The number of amides is 1. The Morgan fingerprint density at radius 2 is 1.89 bits per heavy atom. The number of fused-ring (bicyclic) bond motifs is 3. The summed E-state index contributed by atoms with van der Waals surface area (Å²) in [5, 5.41) is 0. The van der Waals surface area contributed by atoms with Crippen LogP contribution >= 0.6 is 0 Å². The van der Waals surface area contributed by atoms with E-state index in [4.69, 9.17) is 9.47 Å². The average molecular weight is 483 g/mol. The Morgan fingerprint density at radius 3 is 2.66 bits per heavy atom. The molecule has 1 aliphatic carbocycles. The molecule has 1 aliphatic rings. The van der Waals surface area contributed by atoms with Gasteiger partial charge in [-0.05, 0) is 43.9 Å². The summed E-state index contributed by atoms with van der Waals surface area (Å²) >= 11 is 0. The van der Waals surface area contributed by atoms with Gasteiger partial charge in [-0.25, -0.2) is 0 Å². The van der Waals surface area contributed by atoms with Crippen LogP contribution in [0.2, 0.25) is 0 Å². The molecule has 4 rings (SSSR count). The van der Waals surface area contributed by atoms with Crippen LogP contribution in [0.1, 0.15) is 58.3 Å². The van der Waals surface area contributed by atoms with Gasteiger partial charge in [-0.3, -0.25) is 18.8 Å². The lowest BCUT2D eigenvalue weighted by Crippen LogP contribution is -2.38. The van der Waals surface area contributed by atoms with E-state index in [0.717, 1.165) is 12.8 Å². The second-order valence-corrected chi connectivity index (χ2v) is 9.15. The topological polar surface area (TPSA) is 95.1 Å². The summed E-state index contributed by atoms with van der Waals surface area (Å²) in [6, 6.07) is 7.51. The SMILES string of the molecule is CC(=O)OCCCn1c(=O)c2cccn2c2nc(OCCCC(=O)N(C)C3CCCCC3)ccc21. The van der Waals surface area contributed by atoms with Crippen LogP contribution in [-0.4, -0.2) is 57.0 Å². The molecule has 0 atom stereocenters. The van der Waals surface area contributed by atoms with Gasteiger partial charge < -0.3 is 18.9 Å². The van der Waals surface area contributed by atoms with Crippen LogP contribution in [0.3, 0.4) is 0 Å². The number of aryl methyl sites for hydroxylation is 1. The van der Waals surface area contributed by atoms with E-state index in [-0.39, 0.29) is 24.0 Å². The Labute approximate surface area is 204 Å². The van der Waals surface area contributed by atoms with Crippen LogP contribution in [0, 0.1) is 0 Å². The van der Waals surface area contributed by atoms with E-state index < -0.39 is 0 Å². The molecule has 0 aliphatic heterocycles. The highest BCUT2D eigenvalue weighted by Gasteiger charge is 2.21. The third-order valence-electron chi connectivity index (χ3n) is 6.69. The van der Waals surface area contributed by atoms with Crippen molar-refractivity contribution in [1.29, 1.82) is 0 Å². The molecular weight excluding hydrogens is 448 g/mol. The molecule has 0 unspecified atom stereocenters. The van der Waals surface area contributed by atoms with Gasteiger partial charge in [0.1, 0.15) is 5.52 Å². The number of hydrogen-bond acceptors (Lipinski definition) is 6. The molecule has 1 saturated carbocycles. The summed E-state index contributed by atoms with van der Waals surface area (Å²) in [7, 11) is 1.91. The van der Waals surface area contributed by atoms with E-state index in [2.05, 4.69) is 4.98 Å². The highest BCUT2D eigenvalue weighted by Crippen LogP contribution is 2.22. The summed E-state index contributed by atoms with van der Waals surface area (Å²) in [6.07, 6.45) is 9.26. The number of aromatic nitrogens is 3. The Kier molecular flexibility index (Phi) is 8.05. The largest absolute Gasteiger partial charge is 0.478 e. The number of hydrogen-bond donors (Lipinski definition) is 0. The molecule has 3 aromatic heterocycles. The number of pyridine rings is 1. The number of ether oxygens (including phenoxy) is 2. The first-order valence-corrected chi connectivity index (χ1v) is 12.5. The van der Waals surface area contributed by atoms with E-state index >= 15 is 0 Å². The van der Waals surface area contributed by atoms with Crippen molar-refractivity contribution in [2.75, 3.05) is 20.3 Å². The lowest BCUT2D eigenvalue weighted by molar-refractivity contribution is -0.141. The molecule has 0 aromatic carbocycles. The molecular formula is C26H34N4O5. The van der Waals surface area contributed by atoms with E-state index in [9.17, 15) is 14.4 Å².